The van der Waals surface area contributed by atoms with Crippen LogP contribution >= 0.6 is 12.2 Å². The number of nitrogens with zero attached hydrogens (tertiary/aromatic N) is 2. The second-order valence-corrected chi connectivity index (χ2v) is 8.45. The molecule has 4 rings (SSSR count). The van der Waals surface area contributed by atoms with Gasteiger partial charge in [0.05, 0.1) is 12.8 Å². The van der Waals surface area contributed by atoms with Crippen LogP contribution < -0.4 is 9.64 Å². The number of benzene rings is 3. The number of esters is 1. The topological polar surface area (TPSA) is 59.1 Å². The number of thiocarbonyl (C=S) groups is 1. The van der Waals surface area contributed by atoms with Crippen LogP contribution in [0.15, 0.2) is 78.5 Å². The Bertz CT molecular complexity index is 1310. The van der Waals surface area contributed by atoms with Crippen molar-refractivity contribution in [2.24, 2.45) is 0 Å². The molecule has 3 aromatic rings. The number of halogens is 1. The maximum absolute atomic E-state index is 13.6. The molecule has 1 heterocycles. The van der Waals surface area contributed by atoms with Crippen LogP contribution in [-0.4, -0.2) is 35.5 Å². The number of hydrogen-bond acceptors (Lipinski definition) is 5. The number of carbonyl (C=O) groups excluding carboxylic acids is 2. The fraction of sp³-hybridized carbons (Fsp3) is 0.179. The molecule has 0 radical (unpaired) electrons. The van der Waals surface area contributed by atoms with Crippen LogP contribution in [0.1, 0.15) is 23.6 Å². The standard InChI is InChI=1S/C28H25FN2O4S/c1-3-19-10-14-23(15-11-19)31-27(33)24(30(28(31)36)17-26(32)34-2)16-21-6-4-5-7-25(21)35-18-20-8-12-22(29)13-9-20/h4-16H,3,17-18H2,1-2H3/b24-16-. The number of hydrogen-bond donors (Lipinski definition) is 0. The molecule has 0 bridgehead atoms. The number of ether oxygens (including phenoxy) is 2. The number of aryl methyl sites for hydroxylation is 1. The van der Waals surface area contributed by atoms with Crippen molar-refractivity contribution in [2.75, 3.05) is 18.6 Å². The van der Waals surface area contributed by atoms with E-state index in [9.17, 15) is 14.0 Å². The Balaban J connectivity index is 1.67. The van der Waals surface area contributed by atoms with Gasteiger partial charge in [-0.1, -0.05) is 49.4 Å². The predicted octanol–water partition coefficient (Wildman–Crippen LogP) is 5.11. The fourth-order valence-electron chi connectivity index (χ4n) is 3.76. The molecule has 3 aromatic carbocycles. The third-order valence-corrected chi connectivity index (χ3v) is 6.17. The summed E-state index contributed by atoms with van der Waals surface area (Å²) in [5, 5.41) is 0.186. The summed E-state index contributed by atoms with van der Waals surface area (Å²) in [5.41, 5.74) is 3.39. The van der Waals surface area contributed by atoms with Gasteiger partial charge in [0.15, 0.2) is 5.11 Å². The average Bonchev–Trinajstić information content (AvgIpc) is 3.12. The lowest BCUT2D eigenvalue weighted by molar-refractivity contribution is -0.140. The minimum atomic E-state index is -0.528. The molecule has 1 aliphatic heterocycles. The van der Waals surface area contributed by atoms with Gasteiger partial charge in [-0.15, -0.1) is 0 Å². The van der Waals surface area contributed by atoms with Crippen LogP contribution in [0.25, 0.3) is 6.08 Å². The Morgan fingerprint density at radius 3 is 2.33 bits per heavy atom. The first-order chi connectivity index (χ1) is 17.4. The molecule has 0 N–H and O–H groups in total. The van der Waals surface area contributed by atoms with Crippen molar-refractivity contribution in [3.05, 3.63) is 101 Å². The molecule has 184 valence electrons. The molecule has 0 aliphatic carbocycles. The lowest BCUT2D eigenvalue weighted by atomic mass is 10.1. The molecular formula is C28H25FN2O4S. The van der Waals surface area contributed by atoms with Crippen LogP contribution in [0.5, 0.6) is 5.75 Å². The second kappa shape index (κ2) is 11.1. The molecule has 1 fully saturated rings. The molecule has 0 aromatic heterocycles. The summed E-state index contributed by atoms with van der Waals surface area (Å²) in [5.74, 6) is -0.683. The molecule has 6 nitrogen and oxygen atoms in total. The van der Waals surface area contributed by atoms with Crippen molar-refractivity contribution < 1.29 is 23.5 Å². The summed E-state index contributed by atoms with van der Waals surface area (Å²) < 4.78 is 24.0. The number of para-hydroxylation sites is 1. The lowest BCUT2D eigenvalue weighted by Gasteiger charge is -2.19. The maximum Gasteiger partial charge on any atom is 0.325 e. The zero-order valence-corrected chi connectivity index (χ0v) is 20.8. The molecule has 0 saturated carbocycles. The third-order valence-electron chi connectivity index (χ3n) is 5.77. The summed E-state index contributed by atoms with van der Waals surface area (Å²) in [4.78, 5) is 28.6. The smallest absolute Gasteiger partial charge is 0.325 e. The Labute approximate surface area is 214 Å². The summed E-state index contributed by atoms with van der Waals surface area (Å²) in [6, 6.07) is 20.8. The molecule has 1 aliphatic rings. The van der Waals surface area contributed by atoms with Crippen molar-refractivity contribution >= 4 is 41.0 Å². The van der Waals surface area contributed by atoms with Gasteiger partial charge in [-0.2, -0.15) is 0 Å². The van der Waals surface area contributed by atoms with Gasteiger partial charge in [0, 0.05) is 5.56 Å². The van der Waals surface area contributed by atoms with Gasteiger partial charge in [-0.25, -0.2) is 4.39 Å². The number of anilines is 1. The lowest BCUT2D eigenvalue weighted by Crippen LogP contribution is -2.35. The van der Waals surface area contributed by atoms with E-state index in [1.165, 1.54) is 29.0 Å². The van der Waals surface area contributed by atoms with Crippen LogP contribution in [0.2, 0.25) is 0 Å². The molecular weight excluding hydrogens is 479 g/mol. The highest BCUT2D eigenvalue weighted by Gasteiger charge is 2.40. The zero-order chi connectivity index (χ0) is 25.7. The molecule has 0 spiro atoms. The minimum Gasteiger partial charge on any atom is -0.488 e. The van der Waals surface area contributed by atoms with E-state index < -0.39 is 5.97 Å². The zero-order valence-electron chi connectivity index (χ0n) is 19.9. The number of carbonyl (C=O) groups is 2. The van der Waals surface area contributed by atoms with E-state index in [4.69, 9.17) is 21.7 Å². The second-order valence-electron chi connectivity index (χ2n) is 8.09. The molecule has 1 amide bonds. The largest absolute Gasteiger partial charge is 0.488 e. The van der Waals surface area contributed by atoms with Crippen LogP contribution in [0.3, 0.4) is 0 Å². The average molecular weight is 505 g/mol. The highest BCUT2D eigenvalue weighted by Crippen LogP contribution is 2.31. The van der Waals surface area contributed by atoms with Crippen molar-refractivity contribution in [2.45, 2.75) is 20.0 Å². The van der Waals surface area contributed by atoms with E-state index >= 15 is 0 Å². The van der Waals surface area contributed by atoms with Gasteiger partial charge in [0.1, 0.15) is 30.4 Å². The van der Waals surface area contributed by atoms with Gasteiger partial charge in [0.25, 0.3) is 5.91 Å². The Morgan fingerprint density at radius 2 is 1.67 bits per heavy atom. The van der Waals surface area contributed by atoms with Crippen LogP contribution in [-0.2, 0) is 27.4 Å². The minimum absolute atomic E-state index is 0.186. The number of rotatable bonds is 8. The van der Waals surface area contributed by atoms with Crippen LogP contribution in [0, 0.1) is 5.82 Å². The highest BCUT2D eigenvalue weighted by atomic mass is 32.1. The van der Waals surface area contributed by atoms with E-state index in [0.29, 0.717) is 17.0 Å². The predicted molar refractivity (Wildman–Crippen MR) is 140 cm³/mol. The first kappa shape index (κ1) is 25.1. The summed E-state index contributed by atoms with van der Waals surface area (Å²) >= 11 is 5.62. The monoisotopic (exact) mass is 504 g/mol. The summed E-state index contributed by atoms with van der Waals surface area (Å²) in [6.07, 6.45) is 2.52. The van der Waals surface area contributed by atoms with E-state index in [2.05, 4.69) is 6.92 Å². The quantitative estimate of drug-likeness (QED) is 0.241. The van der Waals surface area contributed by atoms with Crippen LogP contribution in [0.4, 0.5) is 10.1 Å². The summed E-state index contributed by atoms with van der Waals surface area (Å²) in [6.45, 7) is 2.05. The molecule has 0 unspecified atom stereocenters. The molecule has 0 atom stereocenters. The van der Waals surface area contributed by atoms with Gasteiger partial charge in [-0.3, -0.25) is 14.5 Å². The Morgan fingerprint density at radius 1 is 1.00 bits per heavy atom. The van der Waals surface area contributed by atoms with Crippen molar-refractivity contribution in [1.82, 2.24) is 4.90 Å². The van der Waals surface area contributed by atoms with E-state index in [-0.39, 0.29) is 35.7 Å². The number of amides is 1. The van der Waals surface area contributed by atoms with E-state index in [1.54, 1.807) is 30.3 Å². The van der Waals surface area contributed by atoms with E-state index in [0.717, 1.165) is 17.5 Å². The van der Waals surface area contributed by atoms with Crippen molar-refractivity contribution in [1.29, 1.82) is 0 Å². The SMILES string of the molecule is CCc1ccc(N2C(=O)/C(=C/c3ccccc3OCc3ccc(F)cc3)N(CC(=O)OC)C2=S)cc1. The summed E-state index contributed by atoms with van der Waals surface area (Å²) in [7, 11) is 1.28. The molecule has 36 heavy (non-hydrogen) atoms. The molecule has 1 saturated heterocycles. The maximum atomic E-state index is 13.6. The number of methoxy groups -OCH3 is 1. The third kappa shape index (κ3) is 5.44. The normalized spacial score (nSPS) is 14.5. The first-order valence-corrected chi connectivity index (χ1v) is 11.8. The van der Waals surface area contributed by atoms with Crippen molar-refractivity contribution in [3.63, 3.8) is 0 Å². The Hall–Kier alpha value is -4.04. The fourth-order valence-corrected chi connectivity index (χ4v) is 4.11. The highest BCUT2D eigenvalue weighted by molar-refractivity contribution is 7.80. The van der Waals surface area contributed by atoms with Crippen molar-refractivity contribution in [3.8, 4) is 5.75 Å². The molecule has 8 heteroatoms. The van der Waals surface area contributed by atoms with Gasteiger partial charge >= 0.3 is 5.97 Å². The Kier molecular flexibility index (Phi) is 7.75. The van der Waals surface area contributed by atoms with Gasteiger partial charge < -0.3 is 14.4 Å². The van der Waals surface area contributed by atoms with Gasteiger partial charge in [-0.05, 0) is 66.2 Å². The first-order valence-electron chi connectivity index (χ1n) is 11.4. The van der Waals surface area contributed by atoms with Gasteiger partial charge in [0.2, 0.25) is 0 Å². The van der Waals surface area contributed by atoms with E-state index in [1.807, 2.05) is 36.4 Å².